The summed E-state index contributed by atoms with van der Waals surface area (Å²) in [5.41, 5.74) is 0.280. The quantitative estimate of drug-likeness (QED) is 0.667. The predicted octanol–water partition coefficient (Wildman–Crippen LogP) is 1.15. The van der Waals surface area contributed by atoms with Crippen LogP contribution in [0.1, 0.15) is 16.2 Å². The number of aromatic nitrogens is 2. The van der Waals surface area contributed by atoms with Gasteiger partial charge in [-0.25, -0.2) is 9.59 Å². The molecule has 16 heavy (non-hydrogen) atoms. The number of nitrogens with zero attached hydrogens (tertiary/aromatic N) is 1. The van der Waals surface area contributed by atoms with Crippen LogP contribution in [0.5, 0.6) is 0 Å². The predicted molar refractivity (Wildman–Crippen MR) is 55.5 cm³/mol. The topological polar surface area (TPSA) is 104 Å². The maximum atomic E-state index is 11.2. The van der Waals surface area contributed by atoms with Crippen LogP contribution >= 0.6 is 0 Å². The lowest BCUT2D eigenvalue weighted by atomic mass is 10.3. The molecule has 0 bridgehead atoms. The normalized spacial score (nSPS) is 9.56. The van der Waals surface area contributed by atoms with Gasteiger partial charge in [0, 0.05) is 0 Å². The maximum absolute atomic E-state index is 11.2. The summed E-state index contributed by atoms with van der Waals surface area (Å²) < 4.78 is 4.65. The van der Waals surface area contributed by atoms with E-state index in [1.54, 1.807) is 6.92 Å². The summed E-state index contributed by atoms with van der Waals surface area (Å²) in [6.45, 7) is 5.01. The standard InChI is InChI=1S/C9H11N3O4/c1-3-4-16-9(15)10-6-5(2)11-12-7(6)8(13)14/h3H,1,4H2,2H3,(H,10,15)(H,11,12)(H,13,14). The van der Waals surface area contributed by atoms with Gasteiger partial charge in [-0.2, -0.15) is 5.10 Å². The van der Waals surface area contributed by atoms with Crippen molar-refractivity contribution in [2.75, 3.05) is 11.9 Å². The average Bonchev–Trinajstić information content (AvgIpc) is 2.58. The molecule has 0 spiro atoms. The van der Waals surface area contributed by atoms with Gasteiger partial charge >= 0.3 is 12.1 Å². The lowest BCUT2D eigenvalue weighted by Crippen LogP contribution is -2.16. The minimum atomic E-state index is -1.23. The van der Waals surface area contributed by atoms with Crippen molar-refractivity contribution in [1.29, 1.82) is 0 Å². The molecule has 7 heteroatoms. The van der Waals surface area contributed by atoms with Crippen LogP contribution in [0.3, 0.4) is 0 Å². The number of carboxylic acid groups (broad SMARTS) is 1. The molecule has 0 fully saturated rings. The third-order valence-corrected chi connectivity index (χ3v) is 1.71. The number of hydrogen-bond donors (Lipinski definition) is 3. The van der Waals surface area contributed by atoms with Crippen LogP contribution in [-0.4, -0.2) is 34.0 Å². The van der Waals surface area contributed by atoms with Crippen LogP contribution in [0, 0.1) is 6.92 Å². The van der Waals surface area contributed by atoms with Crippen LogP contribution in [0.2, 0.25) is 0 Å². The minimum Gasteiger partial charge on any atom is -0.476 e. The largest absolute Gasteiger partial charge is 0.476 e. The first-order chi connectivity index (χ1) is 7.56. The van der Waals surface area contributed by atoms with E-state index >= 15 is 0 Å². The molecule has 1 aromatic rings. The van der Waals surface area contributed by atoms with E-state index in [0.717, 1.165) is 0 Å². The number of ether oxygens (including phenoxy) is 1. The fraction of sp³-hybridized carbons (Fsp3) is 0.222. The summed E-state index contributed by atoms with van der Waals surface area (Å²) in [4.78, 5) is 21.9. The van der Waals surface area contributed by atoms with Crippen LogP contribution in [-0.2, 0) is 4.74 Å². The van der Waals surface area contributed by atoms with Crippen molar-refractivity contribution < 1.29 is 19.4 Å². The molecule has 3 N–H and O–H groups in total. The molecular formula is C9H11N3O4. The van der Waals surface area contributed by atoms with Gasteiger partial charge in [0.2, 0.25) is 0 Å². The number of aryl methyl sites for hydroxylation is 1. The minimum absolute atomic E-state index is 0.0468. The summed E-state index contributed by atoms with van der Waals surface area (Å²) in [6.07, 6.45) is 0.645. The number of carboxylic acids is 1. The number of rotatable bonds is 4. The van der Waals surface area contributed by atoms with Crippen LogP contribution in [0.15, 0.2) is 12.7 Å². The van der Waals surface area contributed by atoms with Crippen molar-refractivity contribution in [3.8, 4) is 0 Å². The van der Waals surface area contributed by atoms with Crippen LogP contribution in [0.4, 0.5) is 10.5 Å². The lowest BCUT2D eigenvalue weighted by Gasteiger charge is -2.04. The van der Waals surface area contributed by atoms with E-state index in [9.17, 15) is 9.59 Å². The summed E-state index contributed by atoms with van der Waals surface area (Å²) >= 11 is 0. The Morgan fingerprint density at radius 1 is 1.69 bits per heavy atom. The number of nitrogens with one attached hydrogen (secondary N) is 2. The number of hydrogen-bond acceptors (Lipinski definition) is 4. The second-order valence-corrected chi connectivity index (χ2v) is 2.89. The molecule has 1 amide bonds. The number of amides is 1. The zero-order valence-electron chi connectivity index (χ0n) is 8.61. The molecule has 1 heterocycles. The van der Waals surface area contributed by atoms with E-state index in [4.69, 9.17) is 5.11 Å². The first-order valence-electron chi connectivity index (χ1n) is 4.39. The summed E-state index contributed by atoms with van der Waals surface area (Å²) in [7, 11) is 0. The van der Waals surface area contributed by atoms with Crippen LogP contribution < -0.4 is 5.32 Å². The third-order valence-electron chi connectivity index (χ3n) is 1.71. The van der Waals surface area contributed by atoms with Gasteiger partial charge in [-0.3, -0.25) is 10.4 Å². The third kappa shape index (κ3) is 2.59. The fourth-order valence-electron chi connectivity index (χ4n) is 1.01. The van der Waals surface area contributed by atoms with Gasteiger partial charge in [0.25, 0.3) is 0 Å². The number of carbonyl (C=O) groups excluding carboxylic acids is 1. The first kappa shape index (κ1) is 11.8. The molecule has 0 saturated carbocycles. The van der Waals surface area contributed by atoms with Crippen LogP contribution in [0.25, 0.3) is 0 Å². The van der Waals surface area contributed by atoms with E-state index < -0.39 is 12.1 Å². The van der Waals surface area contributed by atoms with Gasteiger partial charge in [-0.15, -0.1) is 0 Å². The average molecular weight is 225 g/mol. The molecule has 0 atom stereocenters. The van der Waals surface area contributed by atoms with E-state index in [1.165, 1.54) is 6.08 Å². The number of aromatic amines is 1. The van der Waals surface area contributed by atoms with Gasteiger partial charge in [0.15, 0.2) is 5.69 Å². The SMILES string of the molecule is C=CCOC(=O)Nc1c(C(=O)O)n[nH]c1C. The monoisotopic (exact) mass is 225 g/mol. The van der Waals surface area contributed by atoms with Crippen molar-refractivity contribution in [3.63, 3.8) is 0 Å². The Morgan fingerprint density at radius 2 is 2.38 bits per heavy atom. The highest BCUT2D eigenvalue weighted by atomic mass is 16.5. The van der Waals surface area contributed by atoms with E-state index in [1.807, 2.05) is 0 Å². The Balaban J connectivity index is 2.79. The first-order valence-corrected chi connectivity index (χ1v) is 4.39. The summed E-state index contributed by atoms with van der Waals surface area (Å²) in [6, 6.07) is 0. The number of H-pyrrole nitrogens is 1. The van der Waals surface area contributed by atoms with Crippen molar-refractivity contribution in [2.24, 2.45) is 0 Å². The molecule has 0 unspecified atom stereocenters. The summed E-state index contributed by atoms with van der Waals surface area (Å²) in [5, 5.41) is 17.1. The molecule has 1 rings (SSSR count). The Kier molecular flexibility index (Phi) is 3.65. The summed E-state index contributed by atoms with van der Waals surface area (Å²) in [5.74, 6) is -1.23. The van der Waals surface area contributed by atoms with E-state index in [-0.39, 0.29) is 18.0 Å². The maximum Gasteiger partial charge on any atom is 0.412 e. The molecule has 0 saturated heterocycles. The van der Waals surface area contributed by atoms with Crippen molar-refractivity contribution in [1.82, 2.24) is 10.2 Å². The molecule has 0 aliphatic carbocycles. The molecule has 7 nitrogen and oxygen atoms in total. The van der Waals surface area contributed by atoms with Gasteiger partial charge in [-0.1, -0.05) is 12.7 Å². The van der Waals surface area contributed by atoms with Gasteiger partial charge in [-0.05, 0) is 6.92 Å². The number of anilines is 1. The molecule has 0 aromatic carbocycles. The Labute approximate surface area is 91.1 Å². The zero-order chi connectivity index (χ0) is 12.1. The Hall–Kier alpha value is -2.31. The molecule has 0 aliphatic heterocycles. The highest BCUT2D eigenvalue weighted by Crippen LogP contribution is 2.17. The molecule has 0 radical (unpaired) electrons. The van der Waals surface area contributed by atoms with Crippen molar-refractivity contribution in [3.05, 3.63) is 24.0 Å². The van der Waals surface area contributed by atoms with E-state index in [0.29, 0.717) is 5.69 Å². The van der Waals surface area contributed by atoms with Gasteiger partial charge < -0.3 is 9.84 Å². The van der Waals surface area contributed by atoms with Gasteiger partial charge in [0.05, 0.1) is 11.4 Å². The highest BCUT2D eigenvalue weighted by Gasteiger charge is 2.18. The van der Waals surface area contributed by atoms with Crippen molar-refractivity contribution >= 4 is 17.7 Å². The smallest absolute Gasteiger partial charge is 0.412 e. The number of aromatic carboxylic acids is 1. The van der Waals surface area contributed by atoms with Crippen molar-refractivity contribution in [2.45, 2.75) is 6.92 Å². The zero-order valence-corrected chi connectivity index (χ0v) is 8.61. The molecular weight excluding hydrogens is 214 g/mol. The Morgan fingerprint density at radius 3 is 2.94 bits per heavy atom. The van der Waals surface area contributed by atoms with Gasteiger partial charge in [0.1, 0.15) is 6.61 Å². The molecule has 1 aromatic heterocycles. The molecule has 86 valence electrons. The second kappa shape index (κ2) is 4.96. The fourth-order valence-corrected chi connectivity index (χ4v) is 1.01. The second-order valence-electron chi connectivity index (χ2n) is 2.89. The highest BCUT2D eigenvalue weighted by molar-refractivity contribution is 5.97. The molecule has 0 aliphatic rings. The lowest BCUT2D eigenvalue weighted by molar-refractivity contribution is 0.0691. The number of carbonyl (C=O) groups is 2. The van der Waals surface area contributed by atoms with E-state index in [2.05, 4.69) is 26.8 Å². The Bertz CT molecular complexity index is 424.